The quantitative estimate of drug-likeness (QED) is 0.774. The molecule has 0 aliphatic carbocycles. The van der Waals surface area contributed by atoms with E-state index in [-0.39, 0.29) is 0 Å². The molecule has 92 valence electrons. The van der Waals surface area contributed by atoms with E-state index in [2.05, 4.69) is 15.9 Å². The SMILES string of the molecule is O=Cc1ccc(OCc2ccccc2Br)cc1Cl. The number of carbonyl (C=O) groups excluding carboxylic acids is 1. The van der Waals surface area contributed by atoms with E-state index in [0.717, 1.165) is 16.3 Å². The maximum atomic E-state index is 10.6. The Morgan fingerprint density at radius 1 is 1.22 bits per heavy atom. The number of carbonyl (C=O) groups is 1. The lowest BCUT2D eigenvalue weighted by atomic mass is 10.2. The Bertz CT molecular complexity index is 569. The topological polar surface area (TPSA) is 26.3 Å². The van der Waals surface area contributed by atoms with E-state index in [9.17, 15) is 4.79 Å². The summed E-state index contributed by atoms with van der Waals surface area (Å²) in [5.41, 5.74) is 1.51. The molecule has 18 heavy (non-hydrogen) atoms. The van der Waals surface area contributed by atoms with Crippen molar-refractivity contribution in [3.63, 3.8) is 0 Å². The summed E-state index contributed by atoms with van der Waals surface area (Å²) in [6, 6.07) is 12.8. The maximum absolute atomic E-state index is 10.6. The van der Waals surface area contributed by atoms with Gasteiger partial charge in [-0.25, -0.2) is 0 Å². The van der Waals surface area contributed by atoms with Crippen molar-refractivity contribution in [2.75, 3.05) is 0 Å². The molecule has 0 unspecified atom stereocenters. The number of ether oxygens (including phenoxy) is 1. The minimum Gasteiger partial charge on any atom is -0.489 e. The summed E-state index contributed by atoms with van der Waals surface area (Å²) in [5, 5.41) is 0.398. The van der Waals surface area contributed by atoms with Gasteiger partial charge in [0.05, 0.1) is 5.02 Å². The summed E-state index contributed by atoms with van der Waals surface area (Å²) < 4.78 is 6.62. The van der Waals surface area contributed by atoms with Crippen molar-refractivity contribution in [3.8, 4) is 5.75 Å². The van der Waals surface area contributed by atoms with Crippen molar-refractivity contribution in [3.05, 3.63) is 63.1 Å². The number of halogens is 2. The molecule has 2 nitrogen and oxygen atoms in total. The van der Waals surface area contributed by atoms with Crippen molar-refractivity contribution in [2.45, 2.75) is 6.61 Å². The van der Waals surface area contributed by atoms with E-state index >= 15 is 0 Å². The van der Waals surface area contributed by atoms with Gasteiger partial charge in [0.2, 0.25) is 0 Å². The molecular weight excluding hydrogens is 316 g/mol. The summed E-state index contributed by atoms with van der Waals surface area (Å²) in [6.07, 6.45) is 0.722. The monoisotopic (exact) mass is 324 g/mol. The number of benzene rings is 2. The third-order valence-corrected chi connectivity index (χ3v) is 3.55. The molecule has 0 N–H and O–H groups in total. The summed E-state index contributed by atoms with van der Waals surface area (Å²) in [6.45, 7) is 0.443. The fourth-order valence-electron chi connectivity index (χ4n) is 1.47. The van der Waals surface area contributed by atoms with Crippen LogP contribution in [0.25, 0.3) is 0 Å². The molecular formula is C14H10BrClO2. The van der Waals surface area contributed by atoms with Crippen molar-refractivity contribution in [1.82, 2.24) is 0 Å². The van der Waals surface area contributed by atoms with Crippen LogP contribution in [0, 0.1) is 0 Å². The molecule has 2 aromatic rings. The van der Waals surface area contributed by atoms with Gasteiger partial charge in [-0.2, -0.15) is 0 Å². The second-order valence-electron chi connectivity index (χ2n) is 3.68. The summed E-state index contributed by atoms with van der Waals surface area (Å²) >= 11 is 9.38. The summed E-state index contributed by atoms with van der Waals surface area (Å²) in [4.78, 5) is 10.6. The first-order valence-electron chi connectivity index (χ1n) is 5.31. The Labute approximate surface area is 119 Å². The normalized spacial score (nSPS) is 10.1. The van der Waals surface area contributed by atoms with Crippen molar-refractivity contribution in [2.24, 2.45) is 0 Å². The zero-order chi connectivity index (χ0) is 13.0. The highest BCUT2D eigenvalue weighted by atomic mass is 79.9. The molecule has 0 fully saturated rings. The van der Waals surface area contributed by atoms with Crippen molar-refractivity contribution >= 4 is 33.8 Å². The van der Waals surface area contributed by atoms with Gasteiger partial charge in [-0.3, -0.25) is 4.79 Å². The van der Waals surface area contributed by atoms with Gasteiger partial charge in [-0.15, -0.1) is 0 Å². The molecule has 0 radical (unpaired) electrons. The van der Waals surface area contributed by atoms with E-state index in [1.54, 1.807) is 18.2 Å². The van der Waals surface area contributed by atoms with Crippen molar-refractivity contribution < 1.29 is 9.53 Å². The summed E-state index contributed by atoms with van der Waals surface area (Å²) in [5.74, 6) is 0.640. The third-order valence-electron chi connectivity index (χ3n) is 2.45. The molecule has 0 heterocycles. The van der Waals surface area contributed by atoms with Crippen LogP contribution in [-0.2, 0) is 6.61 Å². The second kappa shape index (κ2) is 6.03. The van der Waals surface area contributed by atoms with Crippen LogP contribution in [0.2, 0.25) is 5.02 Å². The van der Waals surface area contributed by atoms with Crippen LogP contribution in [0.5, 0.6) is 5.75 Å². The Morgan fingerprint density at radius 2 is 2.00 bits per heavy atom. The predicted octanol–water partition coefficient (Wildman–Crippen LogP) is 4.49. The molecule has 0 saturated carbocycles. The van der Waals surface area contributed by atoms with Gasteiger partial charge >= 0.3 is 0 Å². The van der Waals surface area contributed by atoms with Gasteiger partial charge in [0.1, 0.15) is 12.4 Å². The molecule has 0 bridgehead atoms. The van der Waals surface area contributed by atoms with Crippen LogP contribution < -0.4 is 4.74 Å². The standard InChI is InChI=1S/C14H10BrClO2/c15-13-4-2-1-3-11(13)9-18-12-6-5-10(8-17)14(16)7-12/h1-8H,9H2. The molecule has 4 heteroatoms. The fraction of sp³-hybridized carbons (Fsp3) is 0.0714. The van der Waals surface area contributed by atoms with Crippen molar-refractivity contribution in [1.29, 1.82) is 0 Å². The first-order chi connectivity index (χ1) is 8.70. The lowest BCUT2D eigenvalue weighted by molar-refractivity contribution is 0.112. The van der Waals surface area contributed by atoms with Gasteiger partial charge < -0.3 is 4.74 Å². The zero-order valence-electron chi connectivity index (χ0n) is 9.40. The fourth-order valence-corrected chi connectivity index (χ4v) is 2.08. The van der Waals surface area contributed by atoms with Crippen LogP contribution in [-0.4, -0.2) is 6.29 Å². The van der Waals surface area contributed by atoms with Crippen LogP contribution in [0.4, 0.5) is 0 Å². The van der Waals surface area contributed by atoms with E-state index in [4.69, 9.17) is 16.3 Å². The second-order valence-corrected chi connectivity index (χ2v) is 4.94. The highest BCUT2D eigenvalue weighted by Crippen LogP contribution is 2.23. The minimum absolute atomic E-state index is 0.398. The highest BCUT2D eigenvalue weighted by Gasteiger charge is 2.03. The van der Waals surface area contributed by atoms with Gasteiger partial charge in [0.15, 0.2) is 6.29 Å². The average Bonchev–Trinajstić information content (AvgIpc) is 2.38. The molecule has 0 saturated heterocycles. The number of rotatable bonds is 4. The maximum Gasteiger partial charge on any atom is 0.151 e. The number of hydrogen-bond donors (Lipinski definition) is 0. The number of aldehydes is 1. The first kappa shape index (κ1) is 13.1. The molecule has 0 atom stereocenters. The smallest absolute Gasteiger partial charge is 0.151 e. The molecule has 2 aromatic carbocycles. The Morgan fingerprint density at radius 3 is 2.67 bits per heavy atom. The Hall–Kier alpha value is -1.32. The van der Waals surface area contributed by atoms with Crippen LogP contribution in [0.3, 0.4) is 0 Å². The molecule has 0 spiro atoms. The lowest BCUT2D eigenvalue weighted by Gasteiger charge is -2.08. The van der Waals surface area contributed by atoms with E-state index in [1.165, 1.54) is 0 Å². The van der Waals surface area contributed by atoms with Crippen LogP contribution >= 0.6 is 27.5 Å². The molecule has 0 aromatic heterocycles. The highest BCUT2D eigenvalue weighted by molar-refractivity contribution is 9.10. The largest absolute Gasteiger partial charge is 0.489 e. The molecule has 0 aliphatic rings. The average molecular weight is 326 g/mol. The van der Waals surface area contributed by atoms with Gasteiger partial charge in [0.25, 0.3) is 0 Å². The Balaban J connectivity index is 2.09. The molecule has 0 aliphatic heterocycles. The summed E-state index contributed by atoms with van der Waals surface area (Å²) in [7, 11) is 0. The molecule has 0 amide bonds. The van der Waals surface area contributed by atoms with Crippen LogP contribution in [0.15, 0.2) is 46.9 Å². The van der Waals surface area contributed by atoms with E-state index in [0.29, 0.717) is 22.9 Å². The third kappa shape index (κ3) is 3.12. The van der Waals surface area contributed by atoms with Gasteiger partial charge in [-0.05, 0) is 24.3 Å². The van der Waals surface area contributed by atoms with Gasteiger partial charge in [-0.1, -0.05) is 45.7 Å². The lowest BCUT2D eigenvalue weighted by Crippen LogP contribution is -1.96. The predicted molar refractivity (Wildman–Crippen MR) is 75.3 cm³/mol. The van der Waals surface area contributed by atoms with Gasteiger partial charge in [0, 0.05) is 15.6 Å². The van der Waals surface area contributed by atoms with E-state index < -0.39 is 0 Å². The molecule has 2 rings (SSSR count). The van der Waals surface area contributed by atoms with Crippen LogP contribution in [0.1, 0.15) is 15.9 Å². The minimum atomic E-state index is 0.398. The first-order valence-corrected chi connectivity index (χ1v) is 6.49. The Kier molecular flexibility index (Phi) is 4.39. The number of hydrogen-bond acceptors (Lipinski definition) is 2. The van der Waals surface area contributed by atoms with E-state index in [1.807, 2.05) is 24.3 Å². The zero-order valence-corrected chi connectivity index (χ0v) is 11.7.